The molecule has 23 heavy (non-hydrogen) atoms. The van der Waals surface area contributed by atoms with E-state index >= 15 is 0 Å². The summed E-state index contributed by atoms with van der Waals surface area (Å²) < 4.78 is 0. The summed E-state index contributed by atoms with van der Waals surface area (Å²) in [5.74, 6) is 0.718. The van der Waals surface area contributed by atoms with E-state index in [4.69, 9.17) is 0 Å². The highest BCUT2D eigenvalue weighted by molar-refractivity contribution is 14.0. The molecule has 1 aromatic rings. The first-order valence-corrected chi connectivity index (χ1v) is 7.78. The summed E-state index contributed by atoms with van der Waals surface area (Å²) in [4.78, 5) is 18.6. The van der Waals surface area contributed by atoms with Crippen LogP contribution in [-0.2, 0) is 11.2 Å². The number of carbonyl (C=O) groups is 1. The molecule has 0 aliphatic carbocycles. The van der Waals surface area contributed by atoms with E-state index in [0.29, 0.717) is 5.96 Å². The molecular formula is C17H27IN4O. The van der Waals surface area contributed by atoms with E-state index in [-0.39, 0.29) is 42.0 Å². The minimum Gasteiger partial charge on any atom is -0.352 e. The number of nitrogens with one attached hydrogen (secondary N) is 2. The van der Waals surface area contributed by atoms with E-state index in [1.807, 2.05) is 23.1 Å². The number of aliphatic imine (C=N–C) groups is 1. The van der Waals surface area contributed by atoms with E-state index in [1.54, 1.807) is 7.05 Å². The van der Waals surface area contributed by atoms with E-state index in [0.717, 1.165) is 25.1 Å². The Bertz CT molecular complexity index is 566. The highest BCUT2D eigenvalue weighted by atomic mass is 127. The molecule has 0 fully saturated rings. The Morgan fingerprint density at radius 2 is 2.00 bits per heavy atom. The number of amides is 1. The van der Waals surface area contributed by atoms with Gasteiger partial charge in [-0.3, -0.25) is 9.79 Å². The number of hydrogen-bond acceptors (Lipinski definition) is 2. The van der Waals surface area contributed by atoms with Crippen LogP contribution in [0.5, 0.6) is 0 Å². The maximum absolute atomic E-state index is 12.5. The number of rotatable bonds is 2. The van der Waals surface area contributed by atoms with Gasteiger partial charge in [0.25, 0.3) is 0 Å². The molecule has 0 atom stereocenters. The molecule has 2 rings (SSSR count). The Morgan fingerprint density at radius 1 is 1.30 bits per heavy atom. The lowest BCUT2D eigenvalue weighted by molar-refractivity contribution is -0.117. The summed E-state index contributed by atoms with van der Waals surface area (Å²) in [6.45, 7) is 7.20. The molecule has 0 saturated carbocycles. The molecule has 0 aromatic heterocycles. The second kappa shape index (κ2) is 8.52. The maximum atomic E-state index is 12.5. The van der Waals surface area contributed by atoms with Crippen LogP contribution in [0.2, 0.25) is 0 Å². The van der Waals surface area contributed by atoms with Crippen molar-refractivity contribution in [2.45, 2.75) is 39.2 Å². The lowest BCUT2D eigenvalue weighted by Crippen LogP contribution is -2.50. The van der Waals surface area contributed by atoms with Crippen molar-refractivity contribution in [3.8, 4) is 0 Å². The second-order valence-electron chi connectivity index (χ2n) is 6.58. The average molecular weight is 430 g/mol. The minimum absolute atomic E-state index is 0. The summed E-state index contributed by atoms with van der Waals surface area (Å²) in [6, 6.07) is 8.13. The SMILES string of the molecule is CN=C(NCC(=O)N1CCCc2ccccc21)NC(C)(C)C.I. The molecule has 1 aliphatic heterocycles. The standard InChI is InChI=1S/C17H26N4O.HI/c1-17(2,3)20-16(18-4)19-12-15(22)21-11-7-9-13-8-5-6-10-14(13)21;/h5-6,8,10H,7,9,11-12H2,1-4H3,(H2,18,19,20);1H. The van der Waals surface area contributed by atoms with Gasteiger partial charge in [0.05, 0.1) is 6.54 Å². The van der Waals surface area contributed by atoms with Crippen LogP contribution in [0.25, 0.3) is 0 Å². The first kappa shape index (κ1) is 19.7. The number of fused-ring (bicyclic) bond motifs is 1. The zero-order valence-corrected chi connectivity index (χ0v) is 16.7. The van der Waals surface area contributed by atoms with E-state index in [9.17, 15) is 4.79 Å². The molecule has 1 aromatic carbocycles. The average Bonchev–Trinajstić information content (AvgIpc) is 2.49. The van der Waals surface area contributed by atoms with Crippen molar-refractivity contribution in [1.29, 1.82) is 0 Å². The van der Waals surface area contributed by atoms with Gasteiger partial charge in [-0.1, -0.05) is 18.2 Å². The quantitative estimate of drug-likeness (QED) is 0.431. The lowest BCUT2D eigenvalue weighted by Gasteiger charge is -2.30. The molecule has 5 nitrogen and oxygen atoms in total. The number of para-hydroxylation sites is 1. The van der Waals surface area contributed by atoms with Crippen molar-refractivity contribution < 1.29 is 4.79 Å². The Hall–Kier alpha value is -1.31. The Morgan fingerprint density at radius 3 is 2.65 bits per heavy atom. The van der Waals surface area contributed by atoms with Crippen LogP contribution in [0.3, 0.4) is 0 Å². The molecule has 2 N–H and O–H groups in total. The third-order valence-corrected chi connectivity index (χ3v) is 3.54. The fourth-order valence-electron chi connectivity index (χ4n) is 2.58. The summed E-state index contributed by atoms with van der Waals surface area (Å²) >= 11 is 0. The fourth-order valence-corrected chi connectivity index (χ4v) is 2.58. The number of carbonyl (C=O) groups excluding carboxylic acids is 1. The summed E-state index contributed by atoms with van der Waals surface area (Å²) in [7, 11) is 1.71. The van der Waals surface area contributed by atoms with Crippen molar-refractivity contribution >= 4 is 41.5 Å². The highest BCUT2D eigenvalue weighted by Gasteiger charge is 2.22. The Kier molecular flexibility index (Phi) is 7.31. The first-order chi connectivity index (χ1) is 10.4. The predicted octanol–water partition coefficient (Wildman–Crippen LogP) is 2.55. The smallest absolute Gasteiger partial charge is 0.246 e. The van der Waals surface area contributed by atoms with Crippen molar-refractivity contribution in [3.63, 3.8) is 0 Å². The Balaban J connectivity index is 0.00000264. The van der Waals surface area contributed by atoms with Gasteiger partial charge in [0.15, 0.2) is 5.96 Å². The van der Waals surface area contributed by atoms with Gasteiger partial charge < -0.3 is 15.5 Å². The molecule has 1 amide bonds. The normalized spacial score (nSPS) is 14.6. The predicted molar refractivity (Wildman–Crippen MR) is 107 cm³/mol. The van der Waals surface area contributed by atoms with Crippen LogP contribution in [0.1, 0.15) is 32.8 Å². The van der Waals surface area contributed by atoms with E-state index < -0.39 is 0 Å². The molecule has 1 aliphatic rings. The van der Waals surface area contributed by atoms with Gasteiger partial charge in [-0.05, 0) is 45.2 Å². The molecule has 128 valence electrons. The second-order valence-corrected chi connectivity index (χ2v) is 6.58. The van der Waals surface area contributed by atoms with Crippen molar-refractivity contribution in [2.24, 2.45) is 4.99 Å². The van der Waals surface area contributed by atoms with Crippen LogP contribution in [0, 0.1) is 0 Å². The van der Waals surface area contributed by atoms with Gasteiger partial charge in [0, 0.05) is 24.8 Å². The topological polar surface area (TPSA) is 56.7 Å². The number of anilines is 1. The summed E-state index contributed by atoms with van der Waals surface area (Å²) in [6.07, 6.45) is 2.05. The zero-order chi connectivity index (χ0) is 16.2. The van der Waals surface area contributed by atoms with Gasteiger partial charge in [0.1, 0.15) is 0 Å². The van der Waals surface area contributed by atoms with Crippen LogP contribution in [0.4, 0.5) is 5.69 Å². The molecule has 0 unspecified atom stereocenters. The molecule has 0 radical (unpaired) electrons. The highest BCUT2D eigenvalue weighted by Crippen LogP contribution is 2.26. The van der Waals surface area contributed by atoms with E-state index in [1.165, 1.54) is 5.56 Å². The van der Waals surface area contributed by atoms with Gasteiger partial charge in [-0.15, -0.1) is 24.0 Å². The number of guanidine groups is 1. The largest absolute Gasteiger partial charge is 0.352 e. The number of aryl methyl sites for hydroxylation is 1. The van der Waals surface area contributed by atoms with Crippen molar-refractivity contribution in [3.05, 3.63) is 29.8 Å². The number of benzene rings is 1. The maximum Gasteiger partial charge on any atom is 0.246 e. The third-order valence-electron chi connectivity index (χ3n) is 3.54. The molecule has 6 heteroatoms. The lowest BCUT2D eigenvalue weighted by atomic mass is 10.0. The van der Waals surface area contributed by atoms with Crippen molar-refractivity contribution in [1.82, 2.24) is 10.6 Å². The number of nitrogens with zero attached hydrogens (tertiary/aromatic N) is 2. The third kappa shape index (κ3) is 5.67. The van der Waals surface area contributed by atoms with Gasteiger partial charge in [0.2, 0.25) is 5.91 Å². The molecule has 1 heterocycles. The van der Waals surface area contributed by atoms with Crippen LogP contribution in [0.15, 0.2) is 29.3 Å². The number of hydrogen-bond donors (Lipinski definition) is 2. The molecule has 0 spiro atoms. The van der Waals surface area contributed by atoms with Crippen molar-refractivity contribution in [2.75, 3.05) is 25.0 Å². The Labute approximate surface area is 156 Å². The van der Waals surface area contributed by atoms with Crippen LogP contribution in [-0.4, -0.2) is 37.5 Å². The fraction of sp³-hybridized carbons (Fsp3) is 0.529. The number of halogens is 1. The van der Waals surface area contributed by atoms with Gasteiger partial charge >= 0.3 is 0 Å². The molecule has 0 bridgehead atoms. The van der Waals surface area contributed by atoms with Gasteiger partial charge in [-0.2, -0.15) is 0 Å². The van der Waals surface area contributed by atoms with Crippen LogP contribution < -0.4 is 15.5 Å². The molecular weight excluding hydrogens is 403 g/mol. The first-order valence-electron chi connectivity index (χ1n) is 7.78. The molecule has 0 saturated heterocycles. The summed E-state index contributed by atoms with van der Waals surface area (Å²) in [5.41, 5.74) is 2.20. The summed E-state index contributed by atoms with van der Waals surface area (Å²) in [5, 5.41) is 6.35. The van der Waals surface area contributed by atoms with Gasteiger partial charge in [-0.25, -0.2) is 0 Å². The minimum atomic E-state index is -0.0946. The van der Waals surface area contributed by atoms with E-state index in [2.05, 4.69) is 42.5 Å². The van der Waals surface area contributed by atoms with Crippen LogP contribution >= 0.6 is 24.0 Å². The monoisotopic (exact) mass is 430 g/mol. The zero-order valence-electron chi connectivity index (χ0n) is 14.3.